The highest BCUT2D eigenvalue weighted by molar-refractivity contribution is 5.30. The first-order chi connectivity index (χ1) is 8.72. The summed E-state index contributed by atoms with van der Waals surface area (Å²) in [6, 6.07) is 9.03. The molecule has 1 atom stereocenters. The molecule has 0 saturated carbocycles. The van der Waals surface area contributed by atoms with Crippen molar-refractivity contribution in [3.05, 3.63) is 47.2 Å². The van der Waals surface area contributed by atoms with Gasteiger partial charge in [0.05, 0.1) is 12.6 Å². The molecule has 0 amide bonds. The van der Waals surface area contributed by atoms with Gasteiger partial charge in [0, 0.05) is 0 Å². The third-order valence-electron chi connectivity index (χ3n) is 3.47. The van der Waals surface area contributed by atoms with Crippen LogP contribution in [0, 0.1) is 0 Å². The zero-order valence-corrected chi connectivity index (χ0v) is 11.6. The second-order valence-electron chi connectivity index (χ2n) is 5.14. The van der Waals surface area contributed by atoms with Gasteiger partial charge in [-0.05, 0) is 43.0 Å². The van der Waals surface area contributed by atoms with Gasteiger partial charge in [0.1, 0.15) is 5.76 Å². The number of ether oxygens (including phenoxy) is 1. The average Bonchev–Trinajstić information content (AvgIpc) is 2.41. The van der Waals surface area contributed by atoms with E-state index in [1.54, 1.807) is 0 Å². The van der Waals surface area contributed by atoms with E-state index in [9.17, 15) is 0 Å². The molecule has 0 bridgehead atoms. The number of hydrogen-bond acceptors (Lipinski definition) is 2. The Balaban J connectivity index is 2.19. The maximum atomic E-state index is 5.76. The minimum absolute atomic E-state index is 0.187. The highest BCUT2D eigenvalue weighted by atomic mass is 16.5. The summed E-state index contributed by atoms with van der Waals surface area (Å²) in [5, 5.41) is 3.34. The van der Waals surface area contributed by atoms with E-state index >= 15 is 0 Å². The van der Waals surface area contributed by atoms with Crippen molar-refractivity contribution in [1.29, 1.82) is 0 Å². The topological polar surface area (TPSA) is 21.3 Å². The maximum Gasteiger partial charge on any atom is 0.113 e. The summed E-state index contributed by atoms with van der Waals surface area (Å²) in [5.74, 6) is 1.65. The van der Waals surface area contributed by atoms with Crippen LogP contribution in [-0.2, 0) is 4.74 Å². The lowest BCUT2D eigenvalue weighted by Crippen LogP contribution is -2.22. The molecule has 1 aliphatic heterocycles. The predicted molar refractivity (Wildman–Crippen MR) is 75.6 cm³/mol. The molecule has 1 aliphatic rings. The fraction of sp³-hybridized carbons (Fsp3) is 0.500. The molecule has 1 unspecified atom stereocenters. The normalized spacial score (nSPS) is 17.2. The maximum absolute atomic E-state index is 5.76. The lowest BCUT2D eigenvalue weighted by atomic mass is 9.97. The van der Waals surface area contributed by atoms with Crippen molar-refractivity contribution in [3.63, 3.8) is 0 Å². The smallest absolute Gasteiger partial charge is 0.113 e. The largest absolute Gasteiger partial charge is 0.496 e. The van der Waals surface area contributed by atoms with Crippen molar-refractivity contribution >= 4 is 0 Å². The Morgan fingerprint density at radius 3 is 2.28 bits per heavy atom. The van der Waals surface area contributed by atoms with E-state index in [0.717, 1.165) is 25.2 Å². The molecule has 0 spiro atoms. The van der Waals surface area contributed by atoms with Crippen LogP contribution in [-0.4, -0.2) is 13.7 Å². The van der Waals surface area contributed by atoms with Crippen LogP contribution < -0.4 is 5.32 Å². The molecule has 1 aromatic carbocycles. The lowest BCUT2D eigenvalue weighted by Gasteiger charge is -2.24. The third-order valence-corrected chi connectivity index (χ3v) is 3.47. The number of hydrogen-bond donors (Lipinski definition) is 1. The summed E-state index contributed by atoms with van der Waals surface area (Å²) < 4.78 is 5.76. The first-order valence-corrected chi connectivity index (χ1v) is 6.82. The first-order valence-electron chi connectivity index (χ1n) is 6.82. The molecule has 1 heterocycles. The van der Waals surface area contributed by atoms with E-state index in [0.29, 0.717) is 5.92 Å². The van der Waals surface area contributed by atoms with Gasteiger partial charge in [0.15, 0.2) is 0 Å². The molecule has 0 fully saturated rings. The Morgan fingerprint density at radius 2 is 1.78 bits per heavy atom. The number of allylic oxidation sites excluding steroid dienone is 1. The van der Waals surface area contributed by atoms with Gasteiger partial charge in [-0.15, -0.1) is 0 Å². The highest BCUT2D eigenvalue weighted by Gasteiger charge is 2.18. The molecule has 2 heteroatoms. The van der Waals surface area contributed by atoms with Crippen LogP contribution in [0.1, 0.15) is 49.8 Å². The fourth-order valence-corrected chi connectivity index (χ4v) is 2.32. The summed E-state index contributed by atoms with van der Waals surface area (Å²) in [6.45, 7) is 5.28. The van der Waals surface area contributed by atoms with Crippen molar-refractivity contribution in [1.82, 2.24) is 5.32 Å². The predicted octanol–water partition coefficient (Wildman–Crippen LogP) is 3.76. The van der Waals surface area contributed by atoms with Gasteiger partial charge in [-0.2, -0.15) is 0 Å². The van der Waals surface area contributed by atoms with Gasteiger partial charge in [0.25, 0.3) is 0 Å². The summed E-state index contributed by atoms with van der Waals surface area (Å²) in [7, 11) is 1.99. The number of nitrogens with one attached hydrogen (secondary N) is 1. The van der Waals surface area contributed by atoms with Crippen LogP contribution in [0.15, 0.2) is 36.1 Å². The summed E-state index contributed by atoms with van der Waals surface area (Å²) in [5.41, 5.74) is 2.65. The van der Waals surface area contributed by atoms with E-state index in [4.69, 9.17) is 4.74 Å². The van der Waals surface area contributed by atoms with Gasteiger partial charge >= 0.3 is 0 Å². The standard InChI is InChI=1S/C16H23NO/c1-12(2)13-7-9-14(10-8-13)16(17-3)15-6-4-5-11-18-15/h6-10,12,16-17H,4-5,11H2,1-3H3. The second-order valence-corrected chi connectivity index (χ2v) is 5.14. The Bertz CT molecular complexity index is 406. The fourth-order valence-electron chi connectivity index (χ4n) is 2.32. The summed E-state index contributed by atoms with van der Waals surface area (Å²) in [4.78, 5) is 0. The van der Waals surface area contributed by atoms with Crippen LogP contribution in [0.5, 0.6) is 0 Å². The van der Waals surface area contributed by atoms with Crippen LogP contribution in [0.2, 0.25) is 0 Å². The molecular weight excluding hydrogens is 222 g/mol. The first kappa shape index (κ1) is 13.2. The number of likely N-dealkylation sites (N-methyl/N-ethyl adjacent to an activating group) is 1. The van der Waals surface area contributed by atoms with Crippen molar-refractivity contribution in [2.24, 2.45) is 0 Å². The molecule has 98 valence electrons. The van der Waals surface area contributed by atoms with Gasteiger partial charge < -0.3 is 10.1 Å². The van der Waals surface area contributed by atoms with Crippen LogP contribution in [0.3, 0.4) is 0 Å². The minimum atomic E-state index is 0.187. The van der Waals surface area contributed by atoms with E-state index in [2.05, 4.69) is 49.5 Å². The van der Waals surface area contributed by atoms with Crippen LogP contribution in [0.4, 0.5) is 0 Å². The Hall–Kier alpha value is -1.28. The monoisotopic (exact) mass is 245 g/mol. The summed E-state index contributed by atoms with van der Waals surface area (Å²) >= 11 is 0. The number of rotatable bonds is 4. The molecule has 18 heavy (non-hydrogen) atoms. The van der Waals surface area contributed by atoms with E-state index in [1.807, 2.05) is 7.05 Å². The minimum Gasteiger partial charge on any atom is -0.496 e. The molecule has 0 saturated heterocycles. The van der Waals surface area contributed by atoms with Crippen LogP contribution in [0.25, 0.3) is 0 Å². The number of benzene rings is 1. The van der Waals surface area contributed by atoms with Crippen molar-refractivity contribution in [2.45, 2.75) is 38.6 Å². The van der Waals surface area contributed by atoms with E-state index < -0.39 is 0 Å². The zero-order chi connectivity index (χ0) is 13.0. The Kier molecular flexibility index (Phi) is 4.43. The molecule has 2 nitrogen and oxygen atoms in total. The van der Waals surface area contributed by atoms with Gasteiger partial charge in [-0.1, -0.05) is 38.1 Å². The van der Waals surface area contributed by atoms with Crippen molar-refractivity contribution < 1.29 is 4.74 Å². The van der Waals surface area contributed by atoms with Gasteiger partial charge in [-0.25, -0.2) is 0 Å². The summed E-state index contributed by atoms with van der Waals surface area (Å²) in [6.07, 6.45) is 4.46. The molecule has 2 rings (SSSR count). The highest BCUT2D eigenvalue weighted by Crippen LogP contribution is 2.27. The molecular formula is C16H23NO. The Labute approximate surface area is 110 Å². The van der Waals surface area contributed by atoms with Gasteiger partial charge in [0.2, 0.25) is 0 Å². The zero-order valence-electron chi connectivity index (χ0n) is 11.6. The third kappa shape index (κ3) is 2.94. The molecule has 0 aliphatic carbocycles. The lowest BCUT2D eigenvalue weighted by molar-refractivity contribution is 0.169. The Morgan fingerprint density at radius 1 is 1.11 bits per heavy atom. The quantitative estimate of drug-likeness (QED) is 0.872. The molecule has 0 radical (unpaired) electrons. The molecule has 1 N–H and O–H groups in total. The van der Waals surface area contributed by atoms with E-state index in [-0.39, 0.29) is 6.04 Å². The van der Waals surface area contributed by atoms with E-state index in [1.165, 1.54) is 11.1 Å². The SMILES string of the molecule is CNC(C1=CCCCO1)c1ccc(C(C)C)cc1. The van der Waals surface area contributed by atoms with Crippen LogP contribution >= 0.6 is 0 Å². The molecule has 0 aromatic heterocycles. The van der Waals surface area contributed by atoms with Crippen molar-refractivity contribution in [3.8, 4) is 0 Å². The van der Waals surface area contributed by atoms with Gasteiger partial charge in [-0.3, -0.25) is 0 Å². The second kappa shape index (κ2) is 6.05. The van der Waals surface area contributed by atoms with Crippen molar-refractivity contribution in [2.75, 3.05) is 13.7 Å². The average molecular weight is 245 g/mol. The molecule has 1 aromatic rings.